The minimum Gasteiger partial charge on any atom is -0.490 e. The van der Waals surface area contributed by atoms with Gasteiger partial charge in [0, 0.05) is 12.6 Å². The van der Waals surface area contributed by atoms with Crippen molar-refractivity contribution in [3.8, 4) is 5.75 Å². The molecule has 0 saturated heterocycles. The van der Waals surface area contributed by atoms with Crippen LogP contribution in [0.25, 0.3) is 0 Å². The fourth-order valence-electron chi connectivity index (χ4n) is 0.855. The molecule has 3 N–H and O–H groups in total. The van der Waals surface area contributed by atoms with Gasteiger partial charge in [-0.3, -0.25) is 0 Å². The third-order valence-corrected chi connectivity index (χ3v) is 1.79. The van der Waals surface area contributed by atoms with Crippen LogP contribution in [0.15, 0.2) is 24.3 Å². The van der Waals surface area contributed by atoms with Gasteiger partial charge in [-0.15, -0.1) is 0 Å². The van der Waals surface area contributed by atoms with Gasteiger partial charge in [0.25, 0.3) is 0 Å². The molecule has 0 aromatic heterocycles. The average Bonchev–Trinajstić information content (AvgIpc) is 2.15. The average molecular weight is 199 g/mol. The predicted molar refractivity (Wildman–Crippen MR) is 51.6 cm³/mol. The SMILES string of the molecule is CC(O)(CN)COc1cccc(F)c1. The van der Waals surface area contributed by atoms with Crippen LogP contribution in [0.5, 0.6) is 5.75 Å². The smallest absolute Gasteiger partial charge is 0.126 e. The number of hydrogen-bond acceptors (Lipinski definition) is 3. The van der Waals surface area contributed by atoms with E-state index in [1.165, 1.54) is 12.1 Å². The zero-order valence-electron chi connectivity index (χ0n) is 8.03. The molecule has 0 amide bonds. The molecule has 1 aromatic rings. The molecule has 0 spiro atoms. The van der Waals surface area contributed by atoms with Crippen molar-refractivity contribution in [1.82, 2.24) is 0 Å². The summed E-state index contributed by atoms with van der Waals surface area (Å²) in [6, 6.07) is 5.75. The molecule has 78 valence electrons. The summed E-state index contributed by atoms with van der Waals surface area (Å²) in [5, 5.41) is 9.51. The lowest BCUT2D eigenvalue weighted by atomic mass is 10.1. The van der Waals surface area contributed by atoms with Crippen LogP contribution in [0.2, 0.25) is 0 Å². The second-order valence-corrected chi connectivity index (χ2v) is 3.45. The molecule has 4 heteroatoms. The topological polar surface area (TPSA) is 55.5 Å². The number of aliphatic hydroxyl groups is 1. The van der Waals surface area contributed by atoms with Gasteiger partial charge in [-0.2, -0.15) is 0 Å². The van der Waals surface area contributed by atoms with E-state index in [1.807, 2.05) is 0 Å². The summed E-state index contributed by atoms with van der Waals surface area (Å²) in [5.74, 6) is 0.0219. The first-order chi connectivity index (χ1) is 6.53. The van der Waals surface area contributed by atoms with E-state index in [2.05, 4.69) is 0 Å². The van der Waals surface area contributed by atoms with Crippen molar-refractivity contribution in [2.24, 2.45) is 5.73 Å². The number of benzene rings is 1. The molecule has 0 fully saturated rings. The van der Waals surface area contributed by atoms with E-state index in [-0.39, 0.29) is 19.0 Å². The Kier molecular flexibility index (Phi) is 3.43. The maximum Gasteiger partial charge on any atom is 0.126 e. The molecule has 0 aliphatic carbocycles. The van der Waals surface area contributed by atoms with Crippen LogP contribution in [0, 0.1) is 5.82 Å². The molecule has 0 radical (unpaired) electrons. The molecule has 1 aromatic carbocycles. The van der Waals surface area contributed by atoms with Gasteiger partial charge in [0.1, 0.15) is 23.8 Å². The van der Waals surface area contributed by atoms with E-state index < -0.39 is 5.60 Å². The van der Waals surface area contributed by atoms with Gasteiger partial charge in [0.15, 0.2) is 0 Å². The lowest BCUT2D eigenvalue weighted by Crippen LogP contribution is -2.40. The first kappa shape index (κ1) is 10.9. The van der Waals surface area contributed by atoms with Gasteiger partial charge in [0.2, 0.25) is 0 Å². The Hall–Kier alpha value is -1.13. The molecule has 0 aliphatic heterocycles. The van der Waals surface area contributed by atoms with Crippen LogP contribution in [0.3, 0.4) is 0 Å². The summed E-state index contributed by atoms with van der Waals surface area (Å²) in [6.45, 7) is 1.71. The Morgan fingerprint density at radius 2 is 2.29 bits per heavy atom. The quantitative estimate of drug-likeness (QED) is 0.758. The predicted octanol–water partition coefficient (Wildman–Crippen LogP) is 0.914. The fraction of sp³-hybridized carbons (Fsp3) is 0.400. The van der Waals surface area contributed by atoms with E-state index in [4.69, 9.17) is 10.5 Å². The Balaban J connectivity index is 2.54. The van der Waals surface area contributed by atoms with E-state index in [0.29, 0.717) is 5.75 Å². The first-order valence-corrected chi connectivity index (χ1v) is 4.34. The van der Waals surface area contributed by atoms with Crippen molar-refractivity contribution in [3.63, 3.8) is 0 Å². The number of ether oxygens (including phenoxy) is 1. The largest absolute Gasteiger partial charge is 0.490 e. The van der Waals surface area contributed by atoms with Crippen LogP contribution in [-0.4, -0.2) is 23.9 Å². The van der Waals surface area contributed by atoms with E-state index >= 15 is 0 Å². The summed E-state index contributed by atoms with van der Waals surface area (Å²) >= 11 is 0. The maximum atomic E-state index is 12.7. The normalized spacial score (nSPS) is 14.9. The standard InChI is InChI=1S/C10H14FNO2/c1-10(13,6-12)7-14-9-4-2-3-8(11)5-9/h2-5,13H,6-7,12H2,1H3. The number of rotatable bonds is 4. The Bertz CT molecular complexity index is 302. The highest BCUT2D eigenvalue weighted by Gasteiger charge is 2.18. The minimum atomic E-state index is -1.08. The molecule has 14 heavy (non-hydrogen) atoms. The Morgan fingerprint density at radius 3 is 2.86 bits per heavy atom. The van der Waals surface area contributed by atoms with Gasteiger partial charge in [0.05, 0.1) is 0 Å². The van der Waals surface area contributed by atoms with Crippen molar-refractivity contribution >= 4 is 0 Å². The maximum absolute atomic E-state index is 12.7. The van der Waals surface area contributed by atoms with Crippen molar-refractivity contribution in [3.05, 3.63) is 30.1 Å². The third-order valence-electron chi connectivity index (χ3n) is 1.79. The highest BCUT2D eigenvalue weighted by molar-refractivity contribution is 5.22. The lowest BCUT2D eigenvalue weighted by Gasteiger charge is -2.21. The summed E-state index contributed by atoms with van der Waals surface area (Å²) in [6.07, 6.45) is 0. The lowest BCUT2D eigenvalue weighted by molar-refractivity contribution is 0.0195. The molecule has 1 rings (SSSR count). The summed E-state index contributed by atoms with van der Waals surface area (Å²) in [4.78, 5) is 0. The first-order valence-electron chi connectivity index (χ1n) is 4.34. The molecule has 0 aliphatic rings. The number of nitrogens with two attached hydrogens (primary N) is 1. The van der Waals surface area contributed by atoms with Crippen molar-refractivity contribution in [2.75, 3.05) is 13.2 Å². The Morgan fingerprint density at radius 1 is 1.57 bits per heavy atom. The van der Waals surface area contributed by atoms with E-state index in [9.17, 15) is 9.50 Å². The van der Waals surface area contributed by atoms with Crippen LogP contribution >= 0.6 is 0 Å². The molecule has 3 nitrogen and oxygen atoms in total. The number of halogens is 1. The van der Waals surface area contributed by atoms with Crippen molar-refractivity contribution in [1.29, 1.82) is 0 Å². The summed E-state index contributed by atoms with van der Waals surface area (Å²) in [5.41, 5.74) is 4.22. The second-order valence-electron chi connectivity index (χ2n) is 3.45. The van der Waals surface area contributed by atoms with Crippen molar-refractivity contribution < 1.29 is 14.2 Å². The molecule has 0 saturated carbocycles. The summed E-state index contributed by atoms with van der Waals surface area (Å²) < 4.78 is 17.9. The van der Waals surface area contributed by atoms with E-state index in [0.717, 1.165) is 0 Å². The minimum absolute atomic E-state index is 0.0486. The van der Waals surface area contributed by atoms with E-state index in [1.54, 1.807) is 19.1 Å². The van der Waals surface area contributed by atoms with Gasteiger partial charge in [-0.25, -0.2) is 4.39 Å². The molecule has 0 heterocycles. The van der Waals surface area contributed by atoms with Gasteiger partial charge in [-0.1, -0.05) is 6.07 Å². The van der Waals surface area contributed by atoms with Gasteiger partial charge >= 0.3 is 0 Å². The molecular formula is C10H14FNO2. The third kappa shape index (κ3) is 3.32. The molecular weight excluding hydrogens is 185 g/mol. The monoisotopic (exact) mass is 199 g/mol. The zero-order valence-corrected chi connectivity index (χ0v) is 8.03. The van der Waals surface area contributed by atoms with Gasteiger partial charge in [-0.05, 0) is 19.1 Å². The molecule has 0 bridgehead atoms. The van der Waals surface area contributed by atoms with Crippen LogP contribution < -0.4 is 10.5 Å². The summed E-state index contributed by atoms with van der Waals surface area (Å²) in [7, 11) is 0. The highest BCUT2D eigenvalue weighted by atomic mass is 19.1. The van der Waals surface area contributed by atoms with Crippen LogP contribution in [0.4, 0.5) is 4.39 Å². The highest BCUT2D eigenvalue weighted by Crippen LogP contribution is 2.13. The fourth-order valence-corrected chi connectivity index (χ4v) is 0.855. The van der Waals surface area contributed by atoms with Crippen LogP contribution in [0.1, 0.15) is 6.92 Å². The van der Waals surface area contributed by atoms with Gasteiger partial charge < -0.3 is 15.6 Å². The molecule has 1 unspecified atom stereocenters. The zero-order chi connectivity index (χ0) is 10.6. The molecule has 1 atom stereocenters. The van der Waals surface area contributed by atoms with Crippen molar-refractivity contribution in [2.45, 2.75) is 12.5 Å². The number of hydrogen-bond donors (Lipinski definition) is 2. The second kappa shape index (κ2) is 4.39. The Labute approximate surface area is 82.3 Å². The van der Waals surface area contributed by atoms with Crippen LogP contribution in [-0.2, 0) is 0 Å².